The molecule has 6 rings (SSSR count). The van der Waals surface area contributed by atoms with Crippen LogP contribution >= 0.6 is 11.6 Å². The number of Topliss-reactive ketones (excluding diaryl/α,β-unsaturated/α-hetero) is 1. The van der Waals surface area contributed by atoms with Gasteiger partial charge in [-0.1, -0.05) is 29.8 Å². The summed E-state index contributed by atoms with van der Waals surface area (Å²) >= 11 is 6.20. The minimum absolute atomic E-state index is 0.0804. The van der Waals surface area contributed by atoms with Crippen LogP contribution in [0, 0.1) is 0 Å². The highest BCUT2D eigenvalue weighted by molar-refractivity contribution is 6.30. The Morgan fingerprint density at radius 1 is 0.977 bits per heavy atom. The zero-order valence-electron chi connectivity index (χ0n) is 23.4. The number of nitrogens with zero attached hydrogens (tertiary/aromatic N) is 4. The first-order valence-electron chi connectivity index (χ1n) is 14.2. The van der Waals surface area contributed by atoms with Crippen LogP contribution in [0.5, 0.6) is 0 Å². The van der Waals surface area contributed by atoms with Gasteiger partial charge in [-0.15, -0.1) is 0 Å². The molecule has 9 nitrogen and oxygen atoms in total. The fourth-order valence-corrected chi connectivity index (χ4v) is 5.63. The molecule has 0 spiro atoms. The summed E-state index contributed by atoms with van der Waals surface area (Å²) in [7, 11) is 0. The average Bonchev–Trinajstić information content (AvgIpc) is 3.12. The lowest BCUT2D eigenvalue weighted by Crippen LogP contribution is -2.44. The van der Waals surface area contributed by atoms with Crippen molar-refractivity contribution in [2.75, 3.05) is 36.5 Å². The molecule has 0 saturated carbocycles. The van der Waals surface area contributed by atoms with Gasteiger partial charge < -0.3 is 19.9 Å². The Morgan fingerprint density at radius 2 is 1.79 bits per heavy atom. The number of carbonyl (C=O) groups is 3. The van der Waals surface area contributed by atoms with Crippen molar-refractivity contribution < 1.29 is 19.1 Å². The van der Waals surface area contributed by atoms with Crippen LogP contribution in [0.3, 0.4) is 0 Å². The van der Waals surface area contributed by atoms with E-state index in [2.05, 4.69) is 20.2 Å². The Morgan fingerprint density at radius 3 is 2.51 bits per heavy atom. The number of rotatable bonds is 7. The van der Waals surface area contributed by atoms with Gasteiger partial charge in [0.25, 0.3) is 11.8 Å². The van der Waals surface area contributed by atoms with Crippen molar-refractivity contribution in [1.82, 2.24) is 14.9 Å². The number of nitrogens with one attached hydrogen (secondary N) is 1. The zero-order valence-corrected chi connectivity index (χ0v) is 24.2. The van der Waals surface area contributed by atoms with E-state index in [0.717, 1.165) is 30.0 Å². The lowest BCUT2D eigenvalue weighted by molar-refractivity contribution is -0.122. The summed E-state index contributed by atoms with van der Waals surface area (Å²) in [4.78, 5) is 52.9. The maximum absolute atomic E-state index is 13.8. The maximum Gasteiger partial charge on any atom is 0.256 e. The van der Waals surface area contributed by atoms with Gasteiger partial charge in [-0.05, 0) is 65.7 Å². The first-order chi connectivity index (χ1) is 20.9. The van der Waals surface area contributed by atoms with Crippen molar-refractivity contribution in [3.05, 3.63) is 118 Å². The van der Waals surface area contributed by atoms with Gasteiger partial charge in [0.05, 0.1) is 31.1 Å². The molecule has 2 aliphatic rings. The molecule has 2 aromatic heterocycles. The molecule has 4 aromatic rings. The minimum atomic E-state index is -0.706. The monoisotopic (exact) mass is 595 g/mol. The Hall–Kier alpha value is -4.60. The van der Waals surface area contributed by atoms with Crippen molar-refractivity contribution in [3.63, 3.8) is 0 Å². The molecule has 1 N–H and O–H groups in total. The van der Waals surface area contributed by atoms with E-state index in [1.807, 2.05) is 24.3 Å². The number of aromatic nitrogens is 2. The number of carbonyl (C=O) groups excluding carboxylic acids is 3. The van der Waals surface area contributed by atoms with Gasteiger partial charge in [-0.25, -0.2) is 4.98 Å². The Kier molecular flexibility index (Phi) is 8.44. The standard InChI is InChI=1S/C33H30ClN5O4/c34-25-8-10-28-24(17-25)18-30(40)29(19-26-3-1-2-12-35-26)39(33(28)42)21-22-4-6-23(7-5-22)32(41)37-31-11-9-27(20-36-31)38-13-15-43-16-14-38/h1-12,17,20,29H,13-16,18-19,21H2,(H,36,37,41)/t29-/m1/s1. The number of hydrogen-bond donors (Lipinski definition) is 1. The average molecular weight is 596 g/mol. The summed E-state index contributed by atoms with van der Waals surface area (Å²) in [6.45, 7) is 3.17. The number of pyridine rings is 2. The first-order valence-corrected chi connectivity index (χ1v) is 14.5. The molecule has 2 aromatic carbocycles. The quantitative estimate of drug-likeness (QED) is 0.333. The molecule has 1 fully saturated rings. The number of anilines is 2. The molecule has 2 amide bonds. The van der Waals surface area contributed by atoms with Gasteiger partial charge in [-0.3, -0.25) is 19.4 Å². The largest absolute Gasteiger partial charge is 0.378 e. The first kappa shape index (κ1) is 28.5. The molecule has 2 aliphatic heterocycles. The lowest BCUT2D eigenvalue weighted by Gasteiger charge is -2.29. The highest BCUT2D eigenvalue weighted by Crippen LogP contribution is 2.27. The van der Waals surface area contributed by atoms with Gasteiger partial charge in [0.2, 0.25) is 0 Å². The molecule has 43 heavy (non-hydrogen) atoms. The SMILES string of the molecule is O=C(Nc1ccc(N2CCOCC2)cn1)c1ccc(CN2C(=O)c3ccc(Cl)cc3CC(=O)[C@H]2Cc2ccccn2)cc1. The highest BCUT2D eigenvalue weighted by Gasteiger charge is 2.35. The van der Waals surface area contributed by atoms with Crippen LogP contribution in [0.25, 0.3) is 0 Å². The van der Waals surface area contributed by atoms with Crippen molar-refractivity contribution in [1.29, 1.82) is 0 Å². The molecular formula is C33H30ClN5O4. The second kappa shape index (κ2) is 12.7. The zero-order chi connectivity index (χ0) is 29.8. The molecule has 1 atom stereocenters. The van der Waals surface area contributed by atoms with E-state index in [0.29, 0.717) is 47.2 Å². The second-order valence-electron chi connectivity index (χ2n) is 10.6. The molecule has 218 valence electrons. The van der Waals surface area contributed by atoms with E-state index in [9.17, 15) is 14.4 Å². The van der Waals surface area contributed by atoms with Gasteiger partial charge in [0, 0.05) is 60.5 Å². The fraction of sp³-hybridized carbons (Fsp3) is 0.242. The molecule has 0 unspecified atom stereocenters. The second-order valence-corrected chi connectivity index (χ2v) is 11.0. The molecule has 4 heterocycles. The number of halogens is 1. The van der Waals surface area contributed by atoms with E-state index < -0.39 is 6.04 Å². The predicted molar refractivity (Wildman–Crippen MR) is 163 cm³/mol. The summed E-state index contributed by atoms with van der Waals surface area (Å²) in [6, 6.07) is 20.6. The normalized spacial score (nSPS) is 16.9. The summed E-state index contributed by atoms with van der Waals surface area (Å²) in [6.07, 6.45) is 3.83. The van der Waals surface area contributed by atoms with E-state index in [1.54, 1.807) is 65.8 Å². The van der Waals surface area contributed by atoms with Gasteiger partial charge in [0.15, 0.2) is 5.78 Å². The number of benzene rings is 2. The molecule has 0 radical (unpaired) electrons. The molecule has 0 bridgehead atoms. The summed E-state index contributed by atoms with van der Waals surface area (Å²) in [5, 5.41) is 3.32. The smallest absolute Gasteiger partial charge is 0.256 e. The molecule has 1 saturated heterocycles. The maximum atomic E-state index is 13.8. The van der Waals surface area contributed by atoms with Crippen molar-refractivity contribution >= 4 is 40.7 Å². The summed E-state index contributed by atoms with van der Waals surface area (Å²) < 4.78 is 5.40. The number of hydrogen-bond acceptors (Lipinski definition) is 7. The van der Waals surface area contributed by atoms with Crippen LogP contribution in [-0.2, 0) is 28.9 Å². The Bertz CT molecular complexity index is 1620. The van der Waals surface area contributed by atoms with Crippen LogP contribution < -0.4 is 10.2 Å². The number of amides is 2. The fourth-order valence-electron chi connectivity index (χ4n) is 5.43. The Labute approximate surface area is 254 Å². The molecule has 0 aliphatic carbocycles. The molecule has 10 heteroatoms. The van der Waals surface area contributed by atoms with Crippen LogP contribution in [0.1, 0.15) is 37.5 Å². The van der Waals surface area contributed by atoms with E-state index in [-0.39, 0.29) is 30.6 Å². The van der Waals surface area contributed by atoms with E-state index in [4.69, 9.17) is 16.3 Å². The third-order valence-corrected chi connectivity index (χ3v) is 7.97. The van der Waals surface area contributed by atoms with Crippen LogP contribution in [0.2, 0.25) is 5.02 Å². The number of ether oxygens (including phenoxy) is 1. The third-order valence-electron chi connectivity index (χ3n) is 7.73. The topological polar surface area (TPSA) is 105 Å². The van der Waals surface area contributed by atoms with E-state index in [1.165, 1.54) is 0 Å². The van der Waals surface area contributed by atoms with Crippen molar-refractivity contribution in [3.8, 4) is 0 Å². The summed E-state index contributed by atoms with van der Waals surface area (Å²) in [5.41, 5.74) is 4.03. The van der Waals surface area contributed by atoms with Crippen LogP contribution in [0.4, 0.5) is 11.5 Å². The number of fused-ring (bicyclic) bond motifs is 1. The van der Waals surface area contributed by atoms with Crippen molar-refractivity contribution in [2.45, 2.75) is 25.4 Å². The lowest BCUT2D eigenvalue weighted by atomic mass is 9.99. The predicted octanol–water partition coefficient (Wildman–Crippen LogP) is 4.60. The van der Waals surface area contributed by atoms with Crippen molar-refractivity contribution in [2.24, 2.45) is 0 Å². The number of morpholine rings is 1. The summed E-state index contributed by atoms with van der Waals surface area (Å²) in [5.74, 6) is -0.163. The molecular weight excluding hydrogens is 566 g/mol. The third kappa shape index (κ3) is 6.58. The highest BCUT2D eigenvalue weighted by atomic mass is 35.5. The van der Waals surface area contributed by atoms with Gasteiger partial charge in [0.1, 0.15) is 5.82 Å². The number of ketones is 1. The van der Waals surface area contributed by atoms with E-state index >= 15 is 0 Å². The van der Waals surface area contributed by atoms with Crippen LogP contribution in [-0.4, -0.2) is 64.8 Å². The minimum Gasteiger partial charge on any atom is -0.378 e. The van der Waals surface area contributed by atoms with Gasteiger partial charge in [-0.2, -0.15) is 0 Å². The Balaban J connectivity index is 1.18. The van der Waals surface area contributed by atoms with Gasteiger partial charge >= 0.3 is 0 Å². The van der Waals surface area contributed by atoms with Crippen LogP contribution in [0.15, 0.2) is 85.2 Å².